The van der Waals surface area contributed by atoms with Crippen molar-refractivity contribution < 1.29 is 23.9 Å². The first-order valence-electron chi connectivity index (χ1n) is 8.09. The van der Waals surface area contributed by atoms with Gasteiger partial charge in [-0.1, -0.05) is 49.1 Å². The van der Waals surface area contributed by atoms with Crippen LogP contribution in [0.25, 0.3) is 10.8 Å². The molecule has 2 aromatic carbocycles. The highest BCUT2D eigenvalue weighted by atomic mass is 16.5. The highest BCUT2D eigenvalue weighted by Gasteiger charge is 2.36. The summed E-state index contributed by atoms with van der Waals surface area (Å²) in [4.78, 5) is 36.4. The van der Waals surface area contributed by atoms with Crippen LogP contribution >= 0.6 is 0 Å². The molecule has 2 aromatic rings. The third-order valence-electron chi connectivity index (χ3n) is 3.96. The van der Waals surface area contributed by atoms with Crippen LogP contribution in [0.15, 0.2) is 55.1 Å². The molecule has 26 heavy (non-hydrogen) atoms. The lowest BCUT2D eigenvalue weighted by molar-refractivity contribution is -0.151. The van der Waals surface area contributed by atoms with Crippen molar-refractivity contribution in [3.8, 4) is 0 Å². The number of ether oxygens (including phenoxy) is 2. The molecule has 6 heteroatoms. The number of hydrogen-bond acceptors (Lipinski definition) is 5. The summed E-state index contributed by atoms with van der Waals surface area (Å²) in [7, 11) is 1.21. The van der Waals surface area contributed by atoms with Gasteiger partial charge in [-0.15, -0.1) is 0 Å². The van der Waals surface area contributed by atoms with Crippen LogP contribution in [-0.2, 0) is 19.1 Å². The first-order chi connectivity index (χ1) is 12.5. The number of Topliss-reactive ketones (excluding diaryl/α,β-unsaturated/α-hetero) is 1. The number of benzene rings is 2. The summed E-state index contributed by atoms with van der Waals surface area (Å²) in [6.07, 6.45) is 0.666. The number of carbonyl (C=O) groups is 3. The van der Waals surface area contributed by atoms with Gasteiger partial charge in [-0.05, 0) is 29.3 Å². The zero-order chi connectivity index (χ0) is 19.1. The van der Waals surface area contributed by atoms with Crippen molar-refractivity contribution in [2.24, 2.45) is 5.92 Å². The van der Waals surface area contributed by atoms with Gasteiger partial charge in [0.1, 0.15) is 18.3 Å². The fraction of sp³-hybridized carbons (Fsp3) is 0.250. The molecule has 0 aliphatic carbocycles. The fourth-order valence-corrected chi connectivity index (χ4v) is 2.71. The van der Waals surface area contributed by atoms with E-state index in [1.54, 1.807) is 6.07 Å². The van der Waals surface area contributed by atoms with Crippen molar-refractivity contribution in [1.82, 2.24) is 5.32 Å². The molecular weight excluding hydrogens is 334 g/mol. The molecule has 136 valence electrons. The number of nitrogens with one attached hydrogen (secondary N) is 1. The van der Waals surface area contributed by atoms with E-state index in [2.05, 4.69) is 16.6 Å². The molecule has 0 heterocycles. The van der Waals surface area contributed by atoms with Gasteiger partial charge in [0.15, 0.2) is 0 Å². The van der Waals surface area contributed by atoms with Gasteiger partial charge in [-0.25, -0.2) is 4.79 Å². The molecule has 2 unspecified atom stereocenters. The van der Waals surface area contributed by atoms with Crippen LogP contribution in [0.2, 0.25) is 0 Å². The molecular formula is C20H21NO5. The maximum absolute atomic E-state index is 12.4. The Balaban J connectivity index is 2.47. The smallest absolute Gasteiger partial charge is 0.407 e. The lowest BCUT2D eigenvalue weighted by atomic mass is 9.89. The van der Waals surface area contributed by atoms with Crippen LogP contribution in [-0.4, -0.2) is 31.6 Å². The van der Waals surface area contributed by atoms with Crippen molar-refractivity contribution in [1.29, 1.82) is 0 Å². The standard InChI is InChI=1S/C20H21NO5/c1-4-11-26-19(23)17(13(2)22)18(21-20(24)25-3)16-10-9-14-7-5-6-8-15(14)12-16/h4-10,12,17-18H,1,11H2,2-3H3,(H,21,24). The maximum atomic E-state index is 12.4. The Morgan fingerprint density at radius 1 is 1.15 bits per heavy atom. The van der Waals surface area contributed by atoms with Gasteiger partial charge in [0, 0.05) is 0 Å². The van der Waals surface area contributed by atoms with Gasteiger partial charge in [-0.2, -0.15) is 0 Å². The maximum Gasteiger partial charge on any atom is 0.407 e. The van der Waals surface area contributed by atoms with Crippen molar-refractivity contribution in [3.63, 3.8) is 0 Å². The number of fused-ring (bicyclic) bond motifs is 1. The molecule has 2 atom stereocenters. The molecule has 2 rings (SSSR count). The summed E-state index contributed by atoms with van der Waals surface area (Å²) in [6, 6.07) is 12.2. The van der Waals surface area contributed by atoms with Crippen LogP contribution in [0.4, 0.5) is 4.79 Å². The lowest BCUT2D eigenvalue weighted by Crippen LogP contribution is -2.40. The molecule has 0 aromatic heterocycles. The first kappa shape index (κ1) is 19.2. The minimum atomic E-state index is -1.20. The van der Waals surface area contributed by atoms with Gasteiger partial charge in [-0.3, -0.25) is 9.59 Å². The molecule has 0 saturated carbocycles. The van der Waals surface area contributed by atoms with Gasteiger partial charge >= 0.3 is 12.1 Å². The van der Waals surface area contributed by atoms with Crippen LogP contribution in [0.3, 0.4) is 0 Å². The molecule has 6 nitrogen and oxygen atoms in total. The molecule has 0 radical (unpaired) electrons. The molecule has 0 spiro atoms. The lowest BCUT2D eigenvalue weighted by Gasteiger charge is -2.25. The van der Waals surface area contributed by atoms with Crippen LogP contribution < -0.4 is 5.32 Å². The van der Waals surface area contributed by atoms with Gasteiger partial charge < -0.3 is 14.8 Å². The normalized spacial score (nSPS) is 12.7. The van der Waals surface area contributed by atoms with Gasteiger partial charge in [0.05, 0.1) is 13.2 Å². The molecule has 1 amide bonds. The van der Waals surface area contributed by atoms with E-state index in [1.807, 2.05) is 36.4 Å². The second-order valence-corrected chi connectivity index (χ2v) is 5.73. The predicted molar refractivity (Wildman–Crippen MR) is 97.6 cm³/mol. The summed E-state index contributed by atoms with van der Waals surface area (Å²) in [6.45, 7) is 4.75. The van der Waals surface area contributed by atoms with Crippen molar-refractivity contribution in [2.75, 3.05) is 13.7 Å². The number of alkyl carbamates (subject to hydrolysis) is 1. The van der Waals surface area contributed by atoms with Crippen molar-refractivity contribution in [2.45, 2.75) is 13.0 Å². The van der Waals surface area contributed by atoms with Crippen molar-refractivity contribution in [3.05, 3.63) is 60.7 Å². The highest BCUT2D eigenvalue weighted by Crippen LogP contribution is 2.28. The molecule has 0 aliphatic heterocycles. The van der Waals surface area contributed by atoms with E-state index in [9.17, 15) is 14.4 Å². The van der Waals surface area contributed by atoms with E-state index in [-0.39, 0.29) is 6.61 Å². The highest BCUT2D eigenvalue weighted by molar-refractivity contribution is 5.99. The Morgan fingerprint density at radius 3 is 2.46 bits per heavy atom. The minimum absolute atomic E-state index is 0.0225. The summed E-state index contributed by atoms with van der Waals surface area (Å²) in [5, 5.41) is 4.50. The third-order valence-corrected chi connectivity index (χ3v) is 3.96. The Bertz CT molecular complexity index is 830. The quantitative estimate of drug-likeness (QED) is 0.469. The Morgan fingerprint density at radius 2 is 1.85 bits per heavy atom. The Hall–Kier alpha value is -3.15. The number of rotatable bonds is 7. The molecule has 0 aliphatic rings. The largest absolute Gasteiger partial charge is 0.461 e. The van der Waals surface area contributed by atoms with E-state index >= 15 is 0 Å². The van der Waals surface area contributed by atoms with Crippen LogP contribution in [0.1, 0.15) is 18.5 Å². The van der Waals surface area contributed by atoms with Gasteiger partial charge in [0.2, 0.25) is 0 Å². The summed E-state index contributed by atoms with van der Waals surface area (Å²) >= 11 is 0. The number of amides is 1. The summed E-state index contributed by atoms with van der Waals surface area (Å²) < 4.78 is 9.70. The Labute approximate surface area is 151 Å². The number of hydrogen-bond donors (Lipinski definition) is 1. The van der Waals surface area contributed by atoms with Crippen LogP contribution in [0, 0.1) is 5.92 Å². The van der Waals surface area contributed by atoms with E-state index in [4.69, 9.17) is 4.74 Å². The number of esters is 1. The first-order valence-corrected chi connectivity index (χ1v) is 8.09. The second-order valence-electron chi connectivity index (χ2n) is 5.73. The van der Waals surface area contributed by atoms with E-state index in [0.717, 1.165) is 10.8 Å². The molecule has 0 saturated heterocycles. The number of carbonyl (C=O) groups excluding carboxylic acids is 3. The monoisotopic (exact) mass is 355 g/mol. The second kappa shape index (κ2) is 8.80. The van der Waals surface area contributed by atoms with Gasteiger partial charge in [0.25, 0.3) is 0 Å². The summed E-state index contributed by atoms with van der Waals surface area (Å²) in [5.74, 6) is -2.35. The van der Waals surface area contributed by atoms with E-state index in [0.29, 0.717) is 5.56 Å². The molecule has 1 N–H and O–H groups in total. The number of ketones is 1. The number of methoxy groups -OCH3 is 1. The average Bonchev–Trinajstić information content (AvgIpc) is 2.64. The minimum Gasteiger partial charge on any atom is -0.461 e. The summed E-state index contributed by atoms with van der Waals surface area (Å²) in [5.41, 5.74) is 0.602. The van der Waals surface area contributed by atoms with E-state index in [1.165, 1.54) is 20.1 Å². The zero-order valence-corrected chi connectivity index (χ0v) is 14.7. The fourth-order valence-electron chi connectivity index (χ4n) is 2.71. The van der Waals surface area contributed by atoms with E-state index < -0.39 is 29.8 Å². The average molecular weight is 355 g/mol. The third kappa shape index (κ3) is 4.47. The molecule has 0 fully saturated rings. The molecule has 0 bridgehead atoms. The Kier molecular flexibility index (Phi) is 6.49. The SMILES string of the molecule is C=CCOC(=O)C(C(C)=O)C(NC(=O)OC)c1ccc2ccccc2c1. The predicted octanol–water partition coefficient (Wildman–Crippen LogP) is 3.17. The van der Waals surface area contributed by atoms with Crippen molar-refractivity contribution >= 4 is 28.6 Å². The van der Waals surface area contributed by atoms with Crippen LogP contribution in [0.5, 0.6) is 0 Å². The zero-order valence-electron chi connectivity index (χ0n) is 14.7. The topological polar surface area (TPSA) is 81.7 Å².